The average Bonchev–Trinajstić information content (AvgIpc) is 3.10. The van der Waals surface area contributed by atoms with Crippen molar-refractivity contribution in [2.24, 2.45) is 4.99 Å². The highest BCUT2D eigenvalue weighted by Gasteiger charge is 2.24. The zero-order chi connectivity index (χ0) is 20.1. The maximum Gasteiger partial charge on any atom is 0.406 e. The molecule has 0 spiro atoms. The summed E-state index contributed by atoms with van der Waals surface area (Å²) in [6.07, 6.45) is 0. The summed E-state index contributed by atoms with van der Waals surface area (Å²) in [5.74, 6) is -0.561. The first-order chi connectivity index (χ1) is 14.2. The van der Waals surface area contributed by atoms with Crippen molar-refractivity contribution >= 4 is 11.6 Å². The second-order valence-corrected chi connectivity index (χ2v) is 6.78. The third-order valence-electron chi connectivity index (χ3n) is 4.84. The van der Waals surface area contributed by atoms with Crippen LogP contribution in [0, 0.1) is 0 Å². The summed E-state index contributed by atoms with van der Waals surface area (Å²) in [6.45, 7) is 4.24. The van der Waals surface area contributed by atoms with Gasteiger partial charge >= 0.3 is 5.56 Å². The van der Waals surface area contributed by atoms with Crippen molar-refractivity contribution in [3.63, 3.8) is 0 Å². The lowest BCUT2D eigenvalue weighted by Gasteiger charge is -2.25. The summed E-state index contributed by atoms with van der Waals surface area (Å²) < 4.78 is 8.36. The van der Waals surface area contributed by atoms with E-state index in [1.54, 1.807) is 28.9 Å². The summed E-state index contributed by atoms with van der Waals surface area (Å²) in [5.41, 5.74) is 0.786. The van der Waals surface area contributed by atoms with Gasteiger partial charge in [0.1, 0.15) is 6.54 Å². The molecule has 0 saturated carbocycles. The number of hydrogen-bond acceptors (Lipinski definition) is 5. The number of aliphatic imine (C=N–C) groups is 1. The van der Waals surface area contributed by atoms with E-state index in [9.17, 15) is 9.90 Å². The zero-order valence-electron chi connectivity index (χ0n) is 16.0. The molecule has 0 unspecified atom stereocenters. The first-order valence-corrected chi connectivity index (χ1v) is 9.64. The molecule has 8 nitrogen and oxygen atoms in total. The zero-order valence-corrected chi connectivity index (χ0v) is 16.0. The highest BCUT2D eigenvalue weighted by Crippen LogP contribution is 2.10. The maximum absolute atomic E-state index is 13.1. The molecule has 1 aliphatic heterocycles. The molecular weight excluding hydrogens is 370 g/mol. The molecule has 1 aliphatic rings. The molecule has 29 heavy (non-hydrogen) atoms. The van der Waals surface area contributed by atoms with Gasteiger partial charge in [0.05, 0.1) is 18.9 Å². The van der Waals surface area contributed by atoms with Crippen LogP contribution in [-0.2, 0) is 11.3 Å². The van der Waals surface area contributed by atoms with Gasteiger partial charge in [-0.3, -0.25) is 9.89 Å². The maximum atomic E-state index is 13.1. The van der Waals surface area contributed by atoms with Gasteiger partial charge in [0.15, 0.2) is 5.69 Å². The lowest BCUT2D eigenvalue weighted by atomic mass is 10.3. The van der Waals surface area contributed by atoms with E-state index >= 15 is 0 Å². The number of nitrogens with one attached hydrogen (secondary N) is 1. The molecule has 1 N–H and O–H groups in total. The van der Waals surface area contributed by atoms with Crippen LogP contribution in [0.5, 0.6) is 0 Å². The number of ether oxygens (including phenoxy) is 1. The standard InChI is InChI=1S/C21H23N5O3/c27-20(22-17-7-3-1-4-8-17)19-21(28)26(18-9-5-2-6-10-18)23-25(19)12-11-24-13-15-29-16-14-24/h1-10H,11-16H2,(H-,22,23,27,28). The summed E-state index contributed by atoms with van der Waals surface area (Å²) in [4.78, 5) is 19.4. The number of morpholine rings is 1. The van der Waals surface area contributed by atoms with E-state index in [1.807, 2.05) is 36.4 Å². The quantitative estimate of drug-likeness (QED) is 0.369. The lowest BCUT2D eigenvalue weighted by molar-refractivity contribution is -0.756. The molecule has 2 heterocycles. The van der Waals surface area contributed by atoms with E-state index in [-0.39, 0.29) is 5.69 Å². The Morgan fingerprint density at radius 3 is 2.41 bits per heavy atom. The summed E-state index contributed by atoms with van der Waals surface area (Å²) >= 11 is 0. The molecule has 3 aromatic rings. The number of nitrogens with zero attached hydrogens (tertiary/aromatic N) is 4. The summed E-state index contributed by atoms with van der Waals surface area (Å²) in [5, 5.41) is 16.0. The fourth-order valence-corrected chi connectivity index (χ4v) is 3.30. The van der Waals surface area contributed by atoms with E-state index in [1.165, 1.54) is 4.68 Å². The first kappa shape index (κ1) is 19.1. The molecule has 0 atom stereocenters. The fraction of sp³-hybridized carbons (Fsp3) is 0.286. The van der Waals surface area contributed by atoms with Crippen LogP contribution >= 0.6 is 0 Å². The van der Waals surface area contributed by atoms with Crippen LogP contribution in [0.1, 0.15) is 5.69 Å². The number of benzene rings is 2. The Labute approximate surface area is 168 Å². The minimum Gasteiger partial charge on any atom is -0.855 e. The topological polar surface area (TPSA) is 89.6 Å². The van der Waals surface area contributed by atoms with Gasteiger partial charge in [-0.15, -0.1) is 0 Å². The van der Waals surface area contributed by atoms with Crippen LogP contribution in [0.3, 0.4) is 0 Å². The van der Waals surface area contributed by atoms with Crippen molar-refractivity contribution in [2.45, 2.75) is 6.54 Å². The average molecular weight is 393 g/mol. The van der Waals surface area contributed by atoms with E-state index in [0.29, 0.717) is 37.7 Å². The van der Waals surface area contributed by atoms with Gasteiger partial charge < -0.3 is 9.84 Å². The van der Waals surface area contributed by atoms with Crippen molar-refractivity contribution in [3.05, 3.63) is 76.7 Å². The predicted octanol–water partition coefficient (Wildman–Crippen LogP) is 0.224. The normalized spacial score (nSPS) is 15.5. The third-order valence-corrected chi connectivity index (χ3v) is 4.84. The Balaban J connectivity index is 1.69. The first-order valence-electron chi connectivity index (χ1n) is 9.64. The van der Waals surface area contributed by atoms with Crippen molar-refractivity contribution in [1.29, 1.82) is 0 Å². The molecule has 1 fully saturated rings. The van der Waals surface area contributed by atoms with Gasteiger partial charge in [0, 0.05) is 25.5 Å². The SMILES string of the molecule is O=c1c(C([O-])=Nc2ccccc2)[n+](CCN2CCOCC2)[nH]n1-c1ccccc1. The number of aromatic nitrogens is 3. The summed E-state index contributed by atoms with van der Waals surface area (Å²) in [6, 6.07) is 18.1. The second kappa shape index (κ2) is 8.85. The van der Waals surface area contributed by atoms with Gasteiger partial charge in [-0.05, 0) is 24.3 Å². The van der Waals surface area contributed by atoms with Gasteiger partial charge in [0.2, 0.25) is 5.69 Å². The van der Waals surface area contributed by atoms with Crippen LogP contribution in [0.15, 0.2) is 70.5 Å². The smallest absolute Gasteiger partial charge is 0.406 e. The van der Waals surface area contributed by atoms with E-state index in [2.05, 4.69) is 15.1 Å². The minimum atomic E-state index is -0.561. The van der Waals surface area contributed by atoms with Crippen molar-refractivity contribution < 1.29 is 14.5 Å². The largest absolute Gasteiger partial charge is 0.855 e. The number of hydrogen-bond donors (Lipinski definition) is 1. The highest BCUT2D eigenvalue weighted by atomic mass is 16.5. The molecule has 150 valence electrons. The monoisotopic (exact) mass is 393 g/mol. The van der Waals surface area contributed by atoms with Crippen molar-refractivity contribution in [2.75, 3.05) is 32.8 Å². The molecule has 0 bridgehead atoms. The molecule has 1 aromatic heterocycles. The molecule has 0 aliphatic carbocycles. The lowest BCUT2D eigenvalue weighted by Crippen LogP contribution is -2.51. The van der Waals surface area contributed by atoms with E-state index in [4.69, 9.17) is 4.74 Å². The Kier molecular flexibility index (Phi) is 5.83. The van der Waals surface area contributed by atoms with Gasteiger partial charge in [-0.2, -0.15) is 4.68 Å². The van der Waals surface area contributed by atoms with Crippen LogP contribution in [0.2, 0.25) is 0 Å². The van der Waals surface area contributed by atoms with Gasteiger partial charge in [0.25, 0.3) is 0 Å². The Hall–Kier alpha value is -3.23. The molecule has 0 amide bonds. The van der Waals surface area contributed by atoms with Crippen molar-refractivity contribution in [3.8, 4) is 5.69 Å². The van der Waals surface area contributed by atoms with Gasteiger partial charge in [-0.1, -0.05) is 46.3 Å². The van der Waals surface area contributed by atoms with Crippen LogP contribution in [0.25, 0.3) is 5.69 Å². The molecule has 1 saturated heterocycles. The molecule has 0 radical (unpaired) electrons. The third kappa shape index (κ3) is 4.44. The fourth-order valence-electron chi connectivity index (χ4n) is 3.30. The second-order valence-electron chi connectivity index (χ2n) is 6.78. The Morgan fingerprint density at radius 2 is 1.72 bits per heavy atom. The predicted molar refractivity (Wildman–Crippen MR) is 106 cm³/mol. The van der Waals surface area contributed by atoms with Crippen molar-refractivity contribution in [1.82, 2.24) is 14.8 Å². The Bertz CT molecular complexity index is 1020. The number of H-pyrrole nitrogens is 1. The number of aromatic amines is 1. The minimum absolute atomic E-state index is 0.0194. The number of para-hydroxylation sites is 2. The highest BCUT2D eigenvalue weighted by molar-refractivity contribution is 5.88. The van der Waals surface area contributed by atoms with E-state index < -0.39 is 11.5 Å². The van der Waals surface area contributed by atoms with Gasteiger partial charge in [-0.25, -0.2) is 4.79 Å². The number of rotatable bonds is 6. The molecule has 2 aromatic carbocycles. The molecular formula is C21H23N5O3. The van der Waals surface area contributed by atoms with Crippen LogP contribution in [0.4, 0.5) is 5.69 Å². The Morgan fingerprint density at radius 1 is 1.07 bits per heavy atom. The van der Waals surface area contributed by atoms with E-state index in [0.717, 1.165) is 13.1 Å². The van der Waals surface area contributed by atoms with Crippen LogP contribution < -0.4 is 15.3 Å². The molecule has 8 heteroatoms. The summed E-state index contributed by atoms with van der Waals surface area (Å²) in [7, 11) is 0. The van der Waals surface area contributed by atoms with Crippen LogP contribution in [-0.4, -0.2) is 53.5 Å². The molecule has 4 rings (SSSR count).